The lowest BCUT2D eigenvalue weighted by Crippen LogP contribution is -2.26. The quantitative estimate of drug-likeness (QED) is 0.509. The van der Waals surface area contributed by atoms with Gasteiger partial charge in [0, 0.05) is 18.6 Å². The molecule has 0 aliphatic carbocycles. The number of alkyl halides is 6. The van der Waals surface area contributed by atoms with E-state index in [1.54, 1.807) is 24.3 Å². The highest BCUT2D eigenvalue weighted by Gasteiger charge is 2.37. The van der Waals surface area contributed by atoms with E-state index in [1.807, 2.05) is 0 Å². The predicted molar refractivity (Wildman–Crippen MR) is 104 cm³/mol. The number of benzene rings is 2. The zero-order valence-electron chi connectivity index (χ0n) is 16.7. The van der Waals surface area contributed by atoms with Gasteiger partial charge in [-0.05, 0) is 35.4 Å². The topological polar surface area (TPSA) is 71.2 Å². The first-order valence-corrected chi connectivity index (χ1v) is 9.55. The minimum Gasteiger partial charge on any atom is -0.492 e. The molecule has 6 nitrogen and oxygen atoms in total. The van der Waals surface area contributed by atoms with Crippen LogP contribution in [0.25, 0.3) is 0 Å². The molecule has 0 saturated carbocycles. The van der Waals surface area contributed by atoms with E-state index in [2.05, 4.69) is 10.3 Å². The summed E-state index contributed by atoms with van der Waals surface area (Å²) >= 11 is 6.05. The number of nitrogens with zero attached hydrogens (tertiary/aromatic N) is 4. The van der Waals surface area contributed by atoms with Gasteiger partial charge in [-0.15, -0.1) is 5.10 Å². The number of hydrogen-bond donors (Lipinski definition) is 1. The van der Waals surface area contributed by atoms with Crippen LogP contribution in [0.3, 0.4) is 0 Å². The second-order valence-electron chi connectivity index (χ2n) is 7.09. The zero-order valence-corrected chi connectivity index (χ0v) is 17.5. The summed E-state index contributed by atoms with van der Waals surface area (Å²) in [6.45, 7) is -0.638. The van der Waals surface area contributed by atoms with Gasteiger partial charge in [0.1, 0.15) is 0 Å². The molecule has 1 heterocycles. The number of hydrogen-bond acceptors (Lipinski definition) is 4. The van der Waals surface area contributed by atoms with Crippen molar-refractivity contribution in [2.45, 2.75) is 25.4 Å². The Balaban J connectivity index is 1.87. The number of aromatic nitrogens is 3. The molecule has 0 fully saturated rings. The zero-order chi connectivity index (χ0) is 24.6. The third kappa shape index (κ3) is 5.56. The van der Waals surface area contributed by atoms with Crippen molar-refractivity contribution >= 4 is 17.5 Å². The summed E-state index contributed by atoms with van der Waals surface area (Å²) in [5, 5.41) is 17.7. The van der Waals surface area contributed by atoms with Gasteiger partial charge in [0.05, 0.1) is 17.7 Å². The molecular weight excluding hydrogens is 478 g/mol. The number of amides is 1. The van der Waals surface area contributed by atoms with Crippen LogP contribution in [0.5, 0.6) is 5.88 Å². The van der Waals surface area contributed by atoms with Crippen molar-refractivity contribution in [1.29, 1.82) is 0 Å². The van der Waals surface area contributed by atoms with Gasteiger partial charge in [0.25, 0.3) is 5.91 Å². The number of rotatable bonds is 5. The summed E-state index contributed by atoms with van der Waals surface area (Å²) in [6, 6.07) is 7.69. The summed E-state index contributed by atoms with van der Waals surface area (Å²) in [7, 11) is 1.40. The van der Waals surface area contributed by atoms with E-state index in [0.29, 0.717) is 27.4 Å². The normalized spacial score (nSPS) is 12.1. The van der Waals surface area contributed by atoms with Gasteiger partial charge in [0.15, 0.2) is 0 Å². The lowest BCUT2D eigenvalue weighted by atomic mass is 10.0. The highest BCUT2D eigenvalue weighted by molar-refractivity contribution is 6.31. The van der Waals surface area contributed by atoms with Crippen LogP contribution >= 0.6 is 11.6 Å². The smallest absolute Gasteiger partial charge is 0.416 e. The molecule has 13 heteroatoms. The van der Waals surface area contributed by atoms with Gasteiger partial charge < -0.3 is 10.0 Å². The SMILES string of the molecule is CN(Cc1ccccc1Cl)C(=O)c1nnn(Cc2cc(C(F)(F)F)cc(C(F)(F)F)c2)c1O. The number of aromatic hydroxyl groups is 1. The van der Waals surface area contributed by atoms with Crippen molar-refractivity contribution in [3.05, 3.63) is 75.4 Å². The van der Waals surface area contributed by atoms with Crippen molar-refractivity contribution < 1.29 is 36.2 Å². The first-order valence-electron chi connectivity index (χ1n) is 9.17. The molecule has 3 rings (SSSR count). The van der Waals surface area contributed by atoms with Crippen LogP contribution in [-0.4, -0.2) is 38.0 Å². The largest absolute Gasteiger partial charge is 0.492 e. The monoisotopic (exact) mass is 492 g/mol. The molecule has 1 aromatic heterocycles. The summed E-state index contributed by atoms with van der Waals surface area (Å²) in [6.07, 6.45) is -10.0. The van der Waals surface area contributed by atoms with Crippen LogP contribution in [0.1, 0.15) is 32.7 Å². The van der Waals surface area contributed by atoms with Crippen LogP contribution in [0.4, 0.5) is 26.3 Å². The second kappa shape index (κ2) is 8.93. The highest BCUT2D eigenvalue weighted by Crippen LogP contribution is 2.36. The summed E-state index contributed by atoms with van der Waals surface area (Å²) < 4.78 is 78.9. The molecule has 0 atom stereocenters. The van der Waals surface area contributed by atoms with Crippen LogP contribution in [-0.2, 0) is 25.4 Å². The average molecular weight is 493 g/mol. The Morgan fingerprint density at radius 3 is 2.18 bits per heavy atom. The van der Waals surface area contributed by atoms with Crippen molar-refractivity contribution in [1.82, 2.24) is 19.9 Å². The molecule has 33 heavy (non-hydrogen) atoms. The van der Waals surface area contributed by atoms with Crippen LogP contribution in [0.15, 0.2) is 42.5 Å². The Morgan fingerprint density at radius 1 is 1.06 bits per heavy atom. The summed E-state index contributed by atoms with van der Waals surface area (Å²) in [4.78, 5) is 13.8. The molecule has 0 spiro atoms. The van der Waals surface area contributed by atoms with Gasteiger partial charge in [0.2, 0.25) is 11.6 Å². The minimum absolute atomic E-state index is 0.0106. The van der Waals surface area contributed by atoms with E-state index in [0.717, 1.165) is 0 Å². The lowest BCUT2D eigenvalue weighted by Gasteiger charge is -2.17. The predicted octanol–water partition coefficient (Wildman–Crippen LogP) is 5.00. The van der Waals surface area contributed by atoms with E-state index >= 15 is 0 Å². The van der Waals surface area contributed by atoms with E-state index < -0.39 is 53.1 Å². The maximum Gasteiger partial charge on any atom is 0.416 e. The summed E-state index contributed by atoms with van der Waals surface area (Å²) in [5.74, 6) is -1.59. The summed E-state index contributed by atoms with van der Waals surface area (Å²) in [5.41, 5.74) is -3.38. The van der Waals surface area contributed by atoms with Crippen molar-refractivity contribution in [2.75, 3.05) is 7.05 Å². The number of carbonyl (C=O) groups is 1. The van der Waals surface area contributed by atoms with E-state index in [-0.39, 0.29) is 12.6 Å². The van der Waals surface area contributed by atoms with Gasteiger partial charge in [-0.3, -0.25) is 4.79 Å². The highest BCUT2D eigenvalue weighted by atomic mass is 35.5. The minimum atomic E-state index is -5.02. The molecule has 3 aromatic rings. The van der Waals surface area contributed by atoms with Gasteiger partial charge in [-0.1, -0.05) is 35.0 Å². The second-order valence-corrected chi connectivity index (χ2v) is 7.49. The fourth-order valence-corrected chi connectivity index (χ4v) is 3.17. The van der Waals surface area contributed by atoms with Crippen molar-refractivity contribution in [3.8, 4) is 5.88 Å². The Hall–Kier alpha value is -3.28. The molecule has 1 N–H and O–H groups in total. The Morgan fingerprint density at radius 2 is 1.64 bits per heavy atom. The maximum absolute atomic E-state index is 13.0. The third-order valence-electron chi connectivity index (χ3n) is 4.60. The van der Waals surface area contributed by atoms with Crippen LogP contribution < -0.4 is 0 Å². The van der Waals surface area contributed by atoms with Crippen molar-refractivity contribution in [3.63, 3.8) is 0 Å². The lowest BCUT2D eigenvalue weighted by molar-refractivity contribution is -0.143. The standard InChI is InChI=1S/C20H15ClF6N4O2/c1-30(10-12-4-2-3-5-15(12)21)17(32)16-18(33)31(29-28-16)9-11-6-13(19(22,23)24)8-14(7-11)20(25,26)27/h2-8,33H,9-10H2,1H3. The molecule has 0 aliphatic rings. The van der Waals surface area contributed by atoms with Gasteiger partial charge in [-0.2, -0.15) is 26.3 Å². The molecule has 0 saturated heterocycles. The molecule has 0 aliphatic heterocycles. The van der Waals surface area contributed by atoms with Crippen LogP contribution in [0.2, 0.25) is 5.02 Å². The fourth-order valence-electron chi connectivity index (χ4n) is 2.97. The maximum atomic E-state index is 13.0. The Kier molecular flexibility index (Phi) is 6.59. The van der Waals surface area contributed by atoms with Gasteiger partial charge >= 0.3 is 12.4 Å². The number of carbonyl (C=O) groups excluding carboxylic acids is 1. The van der Waals surface area contributed by atoms with E-state index in [1.165, 1.54) is 11.9 Å². The average Bonchev–Trinajstić information content (AvgIpc) is 3.07. The Bertz CT molecular complexity index is 1140. The molecule has 0 unspecified atom stereocenters. The molecule has 176 valence electrons. The Labute approximate surface area is 188 Å². The first-order chi connectivity index (χ1) is 15.3. The van der Waals surface area contributed by atoms with E-state index in [4.69, 9.17) is 11.6 Å². The molecule has 2 aromatic carbocycles. The van der Waals surface area contributed by atoms with Crippen LogP contribution in [0, 0.1) is 0 Å². The molecule has 0 radical (unpaired) electrons. The molecular formula is C20H15ClF6N4O2. The van der Waals surface area contributed by atoms with Crippen molar-refractivity contribution in [2.24, 2.45) is 0 Å². The first kappa shape index (κ1) is 24.4. The van der Waals surface area contributed by atoms with Gasteiger partial charge in [-0.25, -0.2) is 4.68 Å². The number of halogens is 7. The molecule has 0 bridgehead atoms. The third-order valence-corrected chi connectivity index (χ3v) is 4.97. The fraction of sp³-hybridized carbons (Fsp3) is 0.250. The van der Waals surface area contributed by atoms with E-state index in [9.17, 15) is 36.2 Å². The molecule has 1 amide bonds.